The standard InChI is InChI=1S/C19H35N5O/c1-3-16-25-19(10-6-5-7-11-19)17-22-18(20-4-2)21-12-8-14-24-15-9-13-23-24/h9,13,15H,3-8,10-12,14,16-17H2,1-2H3,(H2,20,21,22). The van der Waals surface area contributed by atoms with Gasteiger partial charge in [-0.05, 0) is 38.7 Å². The van der Waals surface area contributed by atoms with Crippen molar-refractivity contribution in [3.8, 4) is 0 Å². The Balaban J connectivity index is 1.83. The van der Waals surface area contributed by atoms with Crippen molar-refractivity contribution in [1.29, 1.82) is 0 Å². The lowest BCUT2D eigenvalue weighted by Crippen LogP contribution is -2.42. The number of aryl methyl sites for hydroxylation is 1. The van der Waals surface area contributed by atoms with E-state index in [0.717, 1.165) is 64.4 Å². The molecule has 0 unspecified atom stereocenters. The quantitative estimate of drug-likeness (QED) is 0.387. The van der Waals surface area contributed by atoms with Crippen LogP contribution in [0.1, 0.15) is 58.8 Å². The van der Waals surface area contributed by atoms with Gasteiger partial charge in [0, 0.05) is 38.6 Å². The first kappa shape index (κ1) is 19.8. The Morgan fingerprint density at radius 2 is 2.08 bits per heavy atom. The topological polar surface area (TPSA) is 63.5 Å². The molecule has 0 amide bonds. The number of nitrogens with zero attached hydrogens (tertiary/aromatic N) is 3. The zero-order valence-corrected chi connectivity index (χ0v) is 16.0. The maximum absolute atomic E-state index is 6.25. The third-order valence-corrected chi connectivity index (χ3v) is 4.66. The first-order valence-electron chi connectivity index (χ1n) is 9.91. The van der Waals surface area contributed by atoms with Crippen molar-refractivity contribution in [2.45, 2.75) is 70.9 Å². The maximum Gasteiger partial charge on any atom is 0.191 e. The Morgan fingerprint density at radius 1 is 1.24 bits per heavy atom. The summed E-state index contributed by atoms with van der Waals surface area (Å²) < 4.78 is 8.21. The summed E-state index contributed by atoms with van der Waals surface area (Å²) in [5, 5.41) is 11.0. The van der Waals surface area contributed by atoms with Crippen LogP contribution in [0.5, 0.6) is 0 Å². The van der Waals surface area contributed by atoms with Crippen molar-refractivity contribution >= 4 is 5.96 Å². The molecule has 1 saturated carbocycles. The number of aromatic nitrogens is 2. The van der Waals surface area contributed by atoms with Crippen LogP contribution >= 0.6 is 0 Å². The van der Waals surface area contributed by atoms with Gasteiger partial charge >= 0.3 is 0 Å². The highest BCUT2D eigenvalue weighted by atomic mass is 16.5. The van der Waals surface area contributed by atoms with Gasteiger partial charge in [0.1, 0.15) is 0 Å². The first-order chi connectivity index (χ1) is 12.3. The van der Waals surface area contributed by atoms with E-state index in [2.05, 4.69) is 29.6 Å². The van der Waals surface area contributed by atoms with E-state index in [1.54, 1.807) is 0 Å². The minimum Gasteiger partial charge on any atom is -0.373 e. The molecule has 1 aliphatic rings. The SMILES string of the molecule is CCCOC1(CN=C(NCC)NCCCn2cccn2)CCCCC1. The maximum atomic E-state index is 6.25. The average molecular weight is 350 g/mol. The summed E-state index contributed by atoms with van der Waals surface area (Å²) in [6, 6.07) is 1.96. The van der Waals surface area contributed by atoms with Crippen LogP contribution in [-0.4, -0.2) is 47.6 Å². The number of nitrogens with one attached hydrogen (secondary N) is 2. The molecule has 0 radical (unpaired) electrons. The third kappa shape index (κ3) is 7.06. The van der Waals surface area contributed by atoms with E-state index in [1.807, 2.05) is 23.1 Å². The van der Waals surface area contributed by atoms with Gasteiger partial charge in [-0.25, -0.2) is 0 Å². The predicted molar refractivity (Wildman–Crippen MR) is 103 cm³/mol. The fourth-order valence-corrected chi connectivity index (χ4v) is 3.31. The number of ether oxygens (including phenoxy) is 1. The van der Waals surface area contributed by atoms with Gasteiger partial charge < -0.3 is 15.4 Å². The largest absolute Gasteiger partial charge is 0.373 e. The molecule has 0 bridgehead atoms. The highest BCUT2D eigenvalue weighted by molar-refractivity contribution is 5.79. The Labute approximate surface area is 152 Å². The Morgan fingerprint density at radius 3 is 2.76 bits per heavy atom. The van der Waals surface area contributed by atoms with Crippen molar-refractivity contribution in [1.82, 2.24) is 20.4 Å². The van der Waals surface area contributed by atoms with Crippen LogP contribution in [0, 0.1) is 0 Å². The monoisotopic (exact) mass is 349 g/mol. The van der Waals surface area contributed by atoms with Crippen LogP contribution in [0.4, 0.5) is 0 Å². The zero-order chi connectivity index (χ0) is 17.8. The van der Waals surface area contributed by atoms with Crippen molar-refractivity contribution in [2.24, 2.45) is 4.99 Å². The van der Waals surface area contributed by atoms with E-state index in [9.17, 15) is 0 Å². The number of rotatable bonds is 10. The van der Waals surface area contributed by atoms with Crippen molar-refractivity contribution < 1.29 is 4.74 Å². The zero-order valence-electron chi connectivity index (χ0n) is 16.0. The lowest BCUT2D eigenvalue weighted by molar-refractivity contribution is -0.0624. The third-order valence-electron chi connectivity index (χ3n) is 4.66. The van der Waals surface area contributed by atoms with E-state index in [-0.39, 0.29) is 5.60 Å². The van der Waals surface area contributed by atoms with Crippen molar-refractivity contribution in [2.75, 3.05) is 26.2 Å². The lowest BCUT2D eigenvalue weighted by Gasteiger charge is -2.36. The van der Waals surface area contributed by atoms with Gasteiger partial charge in [0.25, 0.3) is 0 Å². The van der Waals surface area contributed by atoms with Gasteiger partial charge in [-0.1, -0.05) is 26.2 Å². The van der Waals surface area contributed by atoms with Crippen LogP contribution in [-0.2, 0) is 11.3 Å². The van der Waals surface area contributed by atoms with Crippen LogP contribution in [0.15, 0.2) is 23.5 Å². The minimum absolute atomic E-state index is 0.0499. The van der Waals surface area contributed by atoms with Crippen LogP contribution in [0.25, 0.3) is 0 Å². The second-order valence-corrected chi connectivity index (χ2v) is 6.84. The van der Waals surface area contributed by atoms with E-state index < -0.39 is 0 Å². The molecule has 142 valence electrons. The van der Waals surface area contributed by atoms with Crippen LogP contribution < -0.4 is 10.6 Å². The van der Waals surface area contributed by atoms with Crippen LogP contribution in [0.2, 0.25) is 0 Å². The Bertz CT molecular complexity index is 480. The molecule has 0 atom stereocenters. The van der Waals surface area contributed by atoms with Gasteiger partial charge in [-0.2, -0.15) is 5.10 Å². The molecule has 2 N–H and O–H groups in total. The summed E-state index contributed by atoms with van der Waals surface area (Å²) in [6.45, 7) is 8.53. The molecule has 0 spiro atoms. The summed E-state index contributed by atoms with van der Waals surface area (Å²) in [5.41, 5.74) is -0.0499. The number of guanidine groups is 1. The minimum atomic E-state index is -0.0499. The molecule has 2 rings (SSSR count). The number of hydrogen-bond donors (Lipinski definition) is 2. The molecular weight excluding hydrogens is 314 g/mol. The summed E-state index contributed by atoms with van der Waals surface area (Å²) >= 11 is 0. The molecule has 1 aromatic heterocycles. The van der Waals surface area contributed by atoms with Crippen molar-refractivity contribution in [3.05, 3.63) is 18.5 Å². The van der Waals surface area contributed by atoms with E-state index >= 15 is 0 Å². The highest BCUT2D eigenvalue weighted by Crippen LogP contribution is 2.32. The molecular formula is C19H35N5O. The lowest BCUT2D eigenvalue weighted by atomic mass is 9.84. The second-order valence-electron chi connectivity index (χ2n) is 6.84. The number of aliphatic imine (C=N–C) groups is 1. The Kier molecular flexibility index (Phi) is 8.80. The fourth-order valence-electron chi connectivity index (χ4n) is 3.31. The molecule has 25 heavy (non-hydrogen) atoms. The van der Waals surface area contributed by atoms with Gasteiger partial charge in [0.05, 0.1) is 12.1 Å². The van der Waals surface area contributed by atoms with E-state index in [0.29, 0.717) is 0 Å². The molecule has 0 aromatic carbocycles. The van der Waals surface area contributed by atoms with Crippen LogP contribution in [0.3, 0.4) is 0 Å². The Hall–Kier alpha value is -1.56. The molecule has 1 heterocycles. The molecule has 1 aliphatic carbocycles. The molecule has 0 saturated heterocycles. The number of hydrogen-bond acceptors (Lipinski definition) is 3. The second kappa shape index (κ2) is 11.1. The van der Waals surface area contributed by atoms with Gasteiger partial charge in [0.2, 0.25) is 0 Å². The smallest absolute Gasteiger partial charge is 0.191 e. The van der Waals surface area contributed by atoms with Gasteiger partial charge in [-0.3, -0.25) is 9.67 Å². The molecule has 1 fully saturated rings. The normalized spacial score (nSPS) is 17.4. The van der Waals surface area contributed by atoms with E-state index in [4.69, 9.17) is 9.73 Å². The summed E-state index contributed by atoms with van der Waals surface area (Å²) in [4.78, 5) is 4.84. The van der Waals surface area contributed by atoms with Gasteiger partial charge in [-0.15, -0.1) is 0 Å². The summed E-state index contributed by atoms with van der Waals surface area (Å²) in [7, 11) is 0. The molecule has 6 heteroatoms. The summed E-state index contributed by atoms with van der Waals surface area (Å²) in [5.74, 6) is 0.896. The average Bonchev–Trinajstić information content (AvgIpc) is 3.16. The highest BCUT2D eigenvalue weighted by Gasteiger charge is 2.32. The summed E-state index contributed by atoms with van der Waals surface area (Å²) in [6.07, 6.45) is 12.0. The van der Waals surface area contributed by atoms with E-state index in [1.165, 1.54) is 19.3 Å². The fraction of sp³-hybridized carbons (Fsp3) is 0.789. The van der Waals surface area contributed by atoms with Crippen molar-refractivity contribution in [3.63, 3.8) is 0 Å². The molecule has 6 nitrogen and oxygen atoms in total. The molecule has 0 aliphatic heterocycles. The predicted octanol–water partition coefficient (Wildman–Crippen LogP) is 2.96. The first-order valence-corrected chi connectivity index (χ1v) is 9.91. The molecule has 1 aromatic rings. The van der Waals surface area contributed by atoms with Gasteiger partial charge in [0.15, 0.2) is 5.96 Å².